The molecule has 1 aromatic carbocycles. The summed E-state index contributed by atoms with van der Waals surface area (Å²) in [6.45, 7) is 0. The number of hydrogen-bond acceptors (Lipinski definition) is 3. The predicted octanol–water partition coefficient (Wildman–Crippen LogP) is 4.14. The van der Waals surface area contributed by atoms with Gasteiger partial charge in [0.15, 0.2) is 0 Å². The molecule has 2 heterocycles. The van der Waals surface area contributed by atoms with Gasteiger partial charge in [-0.2, -0.15) is 0 Å². The molecule has 1 atom stereocenters. The van der Waals surface area contributed by atoms with Crippen LogP contribution in [0.4, 0.5) is 0 Å². The molecule has 2 aromatic heterocycles. The molecule has 0 radical (unpaired) electrons. The molecule has 0 saturated heterocycles. The zero-order chi connectivity index (χ0) is 12.5. The summed E-state index contributed by atoms with van der Waals surface area (Å²) >= 11 is 5.00. The van der Waals surface area contributed by atoms with Crippen LogP contribution in [0.15, 0.2) is 51.9 Å². The number of thiophene rings is 1. The van der Waals surface area contributed by atoms with Crippen LogP contribution in [0.2, 0.25) is 0 Å². The number of hydrogen-bond donors (Lipinski definition) is 1. The third-order valence-corrected chi connectivity index (χ3v) is 4.44. The Balaban J connectivity index is 2.14. The van der Waals surface area contributed by atoms with Crippen molar-refractivity contribution in [2.24, 2.45) is 0 Å². The van der Waals surface area contributed by atoms with Crippen LogP contribution in [-0.2, 0) is 0 Å². The first-order valence-electron chi connectivity index (χ1n) is 5.50. The van der Waals surface area contributed by atoms with Crippen molar-refractivity contribution < 1.29 is 5.11 Å². The monoisotopic (exact) mass is 319 g/mol. The Hall–Kier alpha value is -1.23. The maximum Gasteiger partial charge on any atom is 0.105 e. The first kappa shape index (κ1) is 11.8. The summed E-state index contributed by atoms with van der Waals surface area (Å²) in [6, 6.07) is 9.80. The molecule has 4 heteroatoms. The van der Waals surface area contributed by atoms with Crippen LogP contribution in [0.1, 0.15) is 17.2 Å². The lowest BCUT2D eigenvalue weighted by atomic mass is 9.98. The third-order valence-electron chi connectivity index (χ3n) is 2.91. The molecule has 1 unspecified atom stereocenters. The van der Waals surface area contributed by atoms with E-state index in [4.69, 9.17) is 0 Å². The van der Waals surface area contributed by atoms with E-state index in [9.17, 15) is 5.11 Å². The van der Waals surface area contributed by atoms with Crippen molar-refractivity contribution in [3.63, 3.8) is 0 Å². The number of fused-ring (bicyclic) bond motifs is 1. The fraction of sp³-hybridized carbons (Fsp3) is 0.0714. The highest BCUT2D eigenvalue weighted by Gasteiger charge is 2.14. The number of aliphatic hydroxyl groups is 1. The molecule has 0 amide bonds. The van der Waals surface area contributed by atoms with E-state index in [1.165, 1.54) is 0 Å². The molecule has 90 valence electrons. The number of benzene rings is 1. The normalized spacial score (nSPS) is 12.8. The summed E-state index contributed by atoms with van der Waals surface area (Å²) in [7, 11) is 0. The number of rotatable bonds is 2. The minimum Gasteiger partial charge on any atom is -0.384 e. The minimum absolute atomic E-state index is 0.598. The molecule has 3 rings (SSSR count). The molecule has 0 aliphatic heterocycles. The number of halogens is 1. The van der Waals surface area contributed by atoms with E-state index in [-0.39, 0.29) is 0 Å². The number of aromatic nitrogens is 1. The van der Waals surface area contributed by atoms with E-state index in [1.54, 1.807) is 17.5 Å². The van der Waals surface area contributed by atoms with Crippen LogP contribution in [0.5, 0.6) is 0 Å². The largest absolute Gasteiger partial charge is 0.384 e. The van der Waals surface area contributed by atoms with Gasteiger partial charge >= 0.3 is 0 Å². The fourth-order valence-electron chi connectivity index (χ4n) is 2.03. The highest BCUT2D eigenvalue weighted by atomic mass is 79.9. The van der Waals surface area contributed by atoms with Crippen LogP contribution in [0.3, 0.4) is 0 Å². The molecule has 0 aliphatic rings. The van der Waals surface area contributed by atoms with Crippen LogP contribution < -0.4 is 0 Å². The van der Waals surface area contributed by atoms with Gasteiger partial charge in [0, 0.05) is 17.8 Å². The molecule has 0 bridgehead atoms. The SMILES string of the molecule is OC(c1csc(Br)c1)c1cccc2cnccc12. The van der Waals surface area contributed by atoms with Crippen molar-refractivity contribution in [3.8, 4) is 0 Å². The van der Waals surface area contributed by atoms with E-state index in [0.717, 1.165) is 25.7 Å². The van der Waals surface area contributed by atoms with Crippen LogP contribution in [0, 0.1) is 0 Å². The standard InChI is InChI=1S/C14H10BrNOS/c15-13-6-10(8-18-13)14(17)12-3-1-2-9-7-16-5-4-11(9)12/h1-8,14,17H. The maximum absolute atomic E-state index is 10.5. The summed E-state index contributed by atoms with van der Waals surface area (Å²) in [5.41, 5.74) is 1.83. The lowest BCUT2D eigenvalue weighted by Crippen LogP contribution is -1.98. The zero-order valence-electron chi connectivity index (χ0n) is 9.38. The molecule has 0 saturated carbocycles. The maximum atomic E-state index is 10.5. The second kappa shape index (κ2) is 4.80. The Morgan fingerprint density at radius 2 is 2.17 bits per heavy atom. The fourth-order valence-corrected chi connectivity index (χ4v) is 3.23. The number of pyridine rings is 1. The molecule has 18 heavy (non-hydrogen) atoms. The Bertz CT molecular complexity index is 690. The van der Waals surface area contributed by atoms with Crippen molar-refractivity contribution in [2.75, 3.05) is 0 Å². The van der Waals surface area contributed by atoms with Crippen molar-refractivity contribution in [1.29, 1.82) is 0 Å². The summed E-state index contributed by atoms with van der Waals surface area (Å²) < 4.78 is 1.03. The Morgan fingerprint density at radius 1 is 1.28 bits per heavy atom. The van der Waals surface area contributed by atoms with Gasteiger partial charge in [-0.3, -0.25) is 4.98 Å². The molecule has 0 spiro atoms. The first-order valence-corrected chi connectivity index (χ1v) is 7.17. The van der Waals surface area contributed by atoms with Gasteiger partial charge in [-0.15, -0.1) is 11.3 Å². The quantitative estimate of drug-likeness (QED) is 0.770. The lowest BCUT2D eigenvalue weighted by Gasteiger charge is -2.12. The lowest BCUT2D eigenvalue weighted by molar-refractivity contribution is 0.222. The molecular weight excluding hydrogens is 310 g/mol. The van der Waals surface area contributed by atoms with Crippen molar-refractivity contribution in [2.45, 2.75) is 6.10 Å². The van der Waals surface area contributed by atoms with E-state index < -0.39 is 6.10 Å². The molecule has 1 N–H and O–H groups in total. The first-order chi connectivity index (χ1) is 8.75. The smallest absolute Gasteiger partial charge is 0.105 e. The average molecular weight is 320 g/mol. The zero-order valence-corrected chi connectivity index (χ0v) is 11.8. The molecular formula is C14H10BrNOS. The van der Waals surface area contributed by atoms with E-state index in [2.05, 4.69) is 20.9 Å². The Morgan fingerprint density at radius 3 is 2.94 bits per heavy atom. The van der Waals surface area contributed by atoms with Crippen LogP contribution >= 0.6 is 27.3 Å². The van der Waals surface area contributed by atoms with Gasteiger partial charge in [0.2, 0.25) is 0 Å². The second-order valence-corrected chi connectivity index (χ2v) is 6.32. The predicted molar refractivity (Wildman–Crippen MR) is 77.8 cm³/mol. The van der Waals surface area contributed by atoms with Gasteiger partial charge in [-0.25, -0.2) is 0 Å². The van der Waals surface area contributed by atoms with Gasteiger partial charge < -0.3 is 5.11 Å². The van der Waals surface area contributed by atoms with E-state index in [0.29, 0.717) is 0 Å². The Kier molecular flexibility index (Phi) is 3.16. The summed E-state index contributed by atoms with van der Waals surface area (Å²) in [6.07, 6.45) is 2.97. The molecule has 0 fully saturated rings. The van der Waals surface area contributed by atoms with Gasteiger partial charge in [0.05, 0.1) is 3.79 Å². The van der Waals surface area contributed by atoms with E-state index in [1.807, 2.05) is 41.9 Å². The highest BCUT2D eigenvalue weighted by Crippen LogP contribution is 2.32. The minimum atomic E-state index is -0.598. The van der Waals surface area contributed by atoms with Gasteiger partial charge in [0.1, 0.15) is 6.10 Å². The summed E-state index contributed by atoms with van der Waals surface area (Å²) in [5.74, 6) is 0. The topological polar surface area (TPSA) is 33.1 Å². The van der Waals surface area contributed by atoms with Crippen LogP contribution in [-0.4, -0.2) is 10.1 Å². The van der Waals surface area contributed by atoms with Crippen LogP contribution in [0.25, 0.3) is 10.8 Å². The average Bonchev–Trinajstić information content (AvgIpc) is 2.84. The Labute approximate surface area is 117 Å². The summed E-state index contributed by atoms with van der Waals surface area (Å²) in [5, 5.41) is 14.5. The summed E-state index contributed by atoms with van der Waals surface area (Å²) in [4.78, 5) is 4.10. The van der Waals surface area contributed by atoms with Gasteiger partial charge in [0.25, 0.3) is 0 Å². The van der Waals surface area contributed by atoms with Crippen molar-refractivity contribution >= 4 is 38.0 Å². The van der Waals surface area contributed by atoms with Crippen molar-refractivity contribution in [3.05, 3.63) is 63.0 Å². The highest BCUT2D eigenvalue weighted by molar-refractivity contribution is 9.11. The molecule has 0 aliphatic carbocycles. The number of aliphatic hydroxyl groups excluding tert-OH is 1. The third kappa shape index (κ3) is 2.07. The number of nitrogens with zero attached hydrogens (tertiary/aromatic N) is 1. The second-order valence-electron chi connectivity index (χ2n) is 4.03. The van der Waals surface area contributed by atoms with Crippen molar-refractivity contribution in [1.82, 2.24) is 4.98 Å². The van der Waals surface area contributed by atoms with E-state index >= 15 is 0 Å². The molecule has 3 aromatic rings. The van der Waals surface area contributed by atoms with Gasteiger partial charge in [-0.1, -0.05) is 18.2 Å². The van der Waals surface area contributed by atoms with Gasteiger partial charge in [-0.05, 0) is 50.0 Å². The molecule has 2 nitrogen and oxygen atoms in total.